The van der Waals surface area contributed by atoms with Gasteiger partial charge < -0.3 is 0 Å². The van der Waals surface area contributed by atoms with Gasteiger partial charge in [-0.25, -0.2) is 0 Å². The monoisotopic (exact) mass is 176 g/mol. The molecule has 0 saturated carbocycles. The van der Waals surface area contributed by atoms with E-state index < -0.39 is 0 Å². The summed E-state index contributed by atoms with van der Waals surface area (Å²) in [5.74, 6) is -0.0946. The maximum Gasteiger partial charge on any atom is 0.264 e. The fourth-order valence-electron chi connectivity index (χ4n) is 1.27. The summed E-state index contributed by atoms with van der Waals surface area (Å²) >= 11 is 0. The molecule has 0 saturated heterocycles. The first kappa shape index (κ1) is 7.94. The fourth-order valence-corrected chi connectivity index (χ4v) is 1.27. The summed E-state index contributed by atoms with van der Waals surface area (Å²) in [6.45, 7) is 1.47. The maximum absolute atomic E-state index is 10.7. The molecule has 66 valence electrons. The Morgan fingerprint density at radius 2 is 2.23 bits per heavy atom. The Morgan fingerprint density at radius 3 is 2.92 bits per heavy atom. The molecule has 1 aliphatic rings. The Hall–Kier alpha value is -1.68. The number of quaternary nitrogens is 1. The minimum absolute atomic E-state index is 0.0946. The van der Waals surface area contributed by atoms with Crippen LogP contribution in [-0.4, -0.2) is 5.91 Å². The van der Waals surface area contributed by atoms with E-state index in [2.05, 4.69) is 10.5 Å². The molecule has 1 atom stereocenters. The second-order valence-electron chi connectivity index (χ2n) is 2.88. The van der Waals surface area contributed by atoms with Gasteiger partial charge >= 0.3 is 0 Å². The van der Waals surface area contributed by atoms with Crippen molar-refractivity contribution in [1.82, 2.24) is 5.43 Å². The Morgan fingerprint density at radius 1 is 1.46 bits per heavy atom. The lowest BCUT2D eigenvalue weighted by Crippen LogP contribution is -3.10. The average Bonchev–Trinajstić information content (AvgIpc) is 2.44. The highest BCUT2D eigenvalue weighted by molar-refractivity contribution is 5.71. The molecule has 0 radical (unpaired) electrons. The number of hydrogen-bond acceptors (Lipinski definition) is 2. The molecule has 0 aliphatic carbocycles. The number of rotatable bonds is 1. The van der Waals surface area contributed by atoms with Crippen molar-refractivity contribution >= 4 is 12.1 Å². The molecule has 13 heavy (non-hydrogen) atoms. The first-order valence-electron chi connectivity index (χ1n) is 4.06. The van der Waals surface area contributed by atoms with Crippen LogP contribution in [0.2, 0.25) is 0 Å². The maximum atomic E-state index is 10.7. The smallest absolute Gasteiger partial charge is 0.264 e. The first-order chi connectivity index (χ1) is 6.25. The number of hydrogen-bond donors (Lipinski definition) is 2. The molecule has 2 rings (SSSR count). The lowest BCUT2D eigenvalue weighted by Gasteiger charge is -2.01. The van der Waals surface area contributed by atoms with Crippen molar-refractivity contribution < 1.29 is 9.91 Å². The summed E-state index contributed by atoms with van der Waals surface area (Å²) < 4.78 is 0. The third-order valence-corrected chi connectivity index (χ3v) is 1.77. The van der Waals surface area contributed by atoms with Gasteiger partial charge in [0.15, 0.2) is 6.20 Å². The standard InChI is InChI=1S/C9H9N3O/c1-7(13)10-12-6-8-4-2-3-5-9(8)11-12/h2-6H,1H3,(H,10,13)/p+1. The van der Waals surface area contributed by atoms with E-state index in [1.165, 1.54) is 6.92 Å². The third kappa shape index (κ3) is 1.57. The largest absolute Gasteiger partial charge is 0.270 e. The van der Waals surface area contributed by atoms with Crippen LogP contribution in [0.5, 0.6) is 0 Å². The van der Waals surface area contributed by atoms with E-state index in [0.717, 1.165) is 10.6 Å². The van der Waals surface area contributed by atoms with Gasteiger partial charge in [0.1, 0.15) is 5.36 Å². The van der Waals surface area contributed by atoms with Crippen molar-refractivity contribution in [2.45, 2.75) is 6.92 Å². The highest BCUT2D eigenvalue weighted by Gasteiger charge is 2.10. The van der Waals surface area contributed by atoms with Crippen LogP contribution < -0.4 is 21.1 Å². The number of fused-ring (bicyclic) bond motifs is 1. The van der Waals surface area contributed by atoms with Gasteiger partial charge in [-0.3, -0.25) is 4.79 Å². The number of carbonyl (C=O) groups is 1. The van der Waals surface area contributed by atoms with Crippen molar-refractivity contribution in [3.8, 4) is 0 Å². The molecular formula is C9H10N3O+. The molecule has 1 unspecified atom stereocenters. The topological polar surface area (TPSA) is 45.9 Å². The molecule has 0 spiro atoms. The van der Waals surface area contributed by atoms with Crippen LogP contribution in [0, 0.1) is 0 Å². The van der Waals surface area contributed by atoms with Crippen molar-refractivity contribution in [1.29, 1.82) is 0 Å². The van der Waals surface area contributed by atoms with Gasteiger partial charge in [-0.2, -0.15) is 5.43 Å². The second kappa shape index (κ2) is 2.99. The molecular weight excluding hydrogens is 166 g/mol. The van der Waals surface area contributed by atoms with E-state index in [9.17, 15) is 4.79 Å². The molecule has 0 fully saturated rings. The predicted octanol–water partition coefficient (Wildman–Crippen LogP) is -2.09. The predicted molar refractivity (Wildman–Crippen MR) is 46.5 cm³/mol. The van der Waals surface area contributed by atoms with Crippen molar-refractivity contribution in [3.63, 3.8) is 0 Å². The van der Waals surface area contributed by atoms with E-state index in [4.69, 9.17) is 0 Å². The van der Waals surface area contributed by atoms with Crippen LogP contribution in [0.3, 0.4) is 0 Å². The van der Waals surface area contributed by atoms with Gasteiger partial charge in [0.2, 0.25) is 0 Å². The van der Waals surface area contributed by atoms with Crippen LogP contribution in [0.1, 0.15) is 6.92 Å². The van der Waals surface area contributed by atoms with Crippen molar-refractivity contribution in [2.75, 3.05) is 0 Å². The third-order valence-electron chi connectivity index (χ3n) is 1.77. The summed E-state index contributed by atoms with van der Waals surface area (Å²) in [6.07, 6.45) is 1.86. The first-order valence-corrected chi connectivity index (χ1v) is 4.06. The second-order valence-corrected chi connectivity index (χ2v) is 2.88. The van der Waals surface area contributed by atoms with E-state index in [0.29, 0.717) is 5.12 Å². The zero-order chi connectivity index (χ0) is 9.26. The fraction of sp³-hybridized carbons (Fsp3) is 0.111. The number of amides is 1. The van der Waals surface area contributed by atoms with E-state index in [1.54, 1.807) is 0 Å². The van der Waals surface area contributed by atoms with Crippen LogP contribution in [0.4, 0.5) is 0 Å². The average molecular weight is 176 g/mol. The normalized spacial score (nSPS) is 18.4. The number of nitrogens with zero attached hydrogens (tertiary/aromatic N) is 1. The molecule has 1 amide bonds. The number of nitrogens with one attached hydrogen (secondary N) is 2. The van der Waals surface area contributed by atoms with Gasteiger partial charge in [-0.15, -0.1) is 0 Å². The van der Waals surface area contributed by atoms with Gasteiger partial charge in [0.05, 0.1) is 5.22 Å². The van der Waals surface area contributed by atoms with Crippen LogP contribution >= 0.6 is 0 Å². The van der Waals surface area contributed by atoms with Gasteiger partial charge in [0, 0.05) is 6.92 Å². The van der Waals surface area contributed by atoms with E-state index in [1.807, 2.05) is 30.5 Å². The number of carbonyl (C=O) groups excluding carboxylic acids is 1. The molecule has 1 aliphatic heterocycles. The van der Waals surface area contributed by atoms with Gasteiger partial charge in [-0.05, 0) is 12.1 Å². The summed E-state index contributed by atoms with van der Waals surface area (Å²) in [5, 5.41) is 6.80. The lowest BCUT2D eigenvalue weighted by atomic mass is 10.3. The Balaban J connectivity index is 2.35. The highest BCUT2D eigenvalue weighted by atomic mass is 16.2. The molecule has 4 heteroatoms. The summed E-state index contributed by atoms with van der Waals surface area (Å²) in [7, 11) is 0. The quantitative estimate of drug-likeness (QED) is 0.506. The Labute approximate surface area is 75.1 Å². The van der Waals surface area contributed by atoms with Gasteiger partial charge in [0.25, 0.3) is 5.91 Å². The molecule has 1 aromatic rings. The van der Waals surface area contributed by atoms with E-state index in [-0.39, 0.29) is 5.91 Å². The van der Waals surface area contributed by atoms with Crippen molar-refractivity contribution in [3.05, 3.63) is 34.8 Å². The summed E-state index contributed by atoms with van der Waals surface area (Å²) in [6, 6.07) is 7.75. The molecule has 0 aromatic heterocycles. The van der Waals surface area contributed by atoms with Crippen LogP contribution in [0.15, 0.2) is 29.4 Å². The zero-order valence-electron chi connectivity index (χ0n) is 7.24. The Kier molecular flexibility index (Phi) is 1.83. The van der Waals surface area contributed by atoms with Crippen LogP contribution in [-0.2, 0) is 4.79 Å². The minimum Gasteiger partial charge on any atom is -0.270 e. The zero-order valence-corrected chi connectivity index (χ0v) is 7.24. The lowest BCUT2D eigenvalue weighted by molar-refractivity contribution is -0.864. The summed E-state index contributed by atoms with van der Waals surface area (Å²) in [5.41, 5.74) is 2.64. The molecule has 0 bridgehead atoms. The molecule has 2 N–H and O–H groups in total. The summed E-state index contributed by atoms with van der Waals surface area (Å²) in [4.78, 5) is 10.7. The molecule has 1 aromatic carbocycles. The van der Waals surface area contributed by atoms with Gasteiger partial charge in [-0.1, -0.05) is 22.4 Å². The minimum atomic E-state index is -0.0946. The number of benzene rings is 1. The van der Waals surface area contributed by atoms with Crippen LogP contribution in [0.25, 0.3) is 6.20 Å². The number of para-hydroxylation sites is 1. The van der Waals surface area contributed by atoms with Crippen molar-refractivity contribution in [2.24, 2.45) is 5.10 Å². The highest BCUT2D eigenvalue weighted by Crippen LogP contribution is 1.71. The Bertz CT molecular complexity index is 417. The molecule has 1 heterocycles. The van der Waals surface area contributed by atoms with E-state index >= 15 is 0 Å². The SMILES string of the molecule is CC(=O)N[NH+]1C=c2ccccc2=N1. The molecule has 4 nitrogen and oxygen atoms in total.